The fourth-order valence-corrected chi connectivity index (χ4v) is 5.91. The van der Waals surface area contributed by atoms with Gasteiger partial charge in [-0.1, -0.05) is 48.5 Å². The molecule has 5 aromatic carbocycles. The van der Waals surface area contributed by atoms with Gasteiger partial charge in [-0.3, -0.25) is 0 Å². The van der Waals surface area contributed by atoms with Crippen LogP contribution in [0.4, 0.5) is 0 Å². The maximum absolute atomic E-state index is 13.0. The van der Waals surface area contributed by atoms with E-state index in [9.17, 15) is 8.42 Å². The van der Waals surface area contributed by atoms with E-state index in [0.29, 0.717) is 9.79 Å². The minimum atomic E-state index is -3.42. The number of rotatable bonds is 0. The topological polar surface area (TPSA) is 34.1 Å². The molecular formula is C20H10O2S. The zero-order valence-corrected chi connectivity index (χ0v) is 12.8. The summed E-state index contributed by atoms with van der Waals surface area (Å²) < 4.78 is 26.0. The first-order chi connectivity index (χ1) is 11.2. The molecule has 1 aliphatic heterocycles. The summed E-state index contributed by atoms with van der Waals surface area (Å²) in [7, 11) is -3.42. The Morgan fingerprint density at radius 2 is 1.00 bits per heavy atom. The van der Waals surface area contributed by atoms with Gasteiger partial charge in [-0.05, 0) is 44.5 Å². The molecule has 23 heavy (non-hydrogen) atoms. The van der Waals surface area contributed by atoms with Gasteiger partial charge in [-0.15, -0.1) is 0 Å². The third-order valence-electron chi connectivity index (χ3n) is 5.13. The molecule has 0 saturated carbocycles. The van der Waals surface area contributed by atoms with Gasteiger partial charge in [-0.2, -0.15) is 0 Å². The first-order valence-electron chi connectivity index (χ1n) is 7.55. The summed E-state index contributed by atoms with van der Waals surface area (Å²) in [6.07, 6.45) is 0. The summed E-state index contributed by atoms with van der Waals surface area (Å²) in [4.78, 5) is 0.906. The van der Waals surface area contributed by atoms with Crippen molar-refractivity contribution in [1.29, 1.82) is 0 Å². The third kappa shape index (κ3) is 1.14. The predicted octanol–water partition coefficient (Wildman–Crippen LogP) is 4.88. The molecule has 0 spiro atoms. The van der Waals surface area contributed by atoms with Crippen LogP contribution >= 0.6 is 0 Å². The molecule has 1 heterocycles. The van der Waals surface area contributed by atoms with Crippen LogP contribution in [0.2, 0.25) is 0 Å². The average molecular weight is 314 g/mol. The smallest absolute Gasteiger partial charge is 0.207 e. The van der Waals surface area contributed by atoms with E-state index in [2.05, 4.69) is 24.3 Å². The monoisotopic (exact) mass is 314 g/mol. The summed E-state index contributed by atoms with van der Waals surface area (Å²) in [5.41, 5.74) is 0. The van der Waals surface area contributed by atoms with Gasteiger partial charge in [0.2, 0.25) is 9.84 Å². The molecule has 0 aliphatic carbocycles. The fraction of sp³-hybridized carbons (Fsp3) is 0. The van der Waals surface area contributed by atoms with E-state index in [1.165, 1.54) is 0 Å². The number of hydrogen-bond acceptors (Lipinski definition) is 2. The van der Waals surface area contributed by atoms with Crippen molar-refractivity contribution in [2.75, 3.05) is 0 Å². The number of fused-ring (bicyclic) bond motifs is 1. The van der Waals surface area contributed by atoms with Gasteiger partial charge in [-0.25, -0.2) is 8.42 Å². The van der Waals surface area contributed by atoms with Crippen molar-refractivity contribution in [3.8, 4) is 0 Å². The highest BCUT2D eigenvalue weighted by Gasteiger charge is 2.33. The van der Waals surface area contributed by atoms with Gasteiger partial charge in [0, 0.05) is 10.8 Å². The van der Waals surface area contributed by atoms with Crippen molar-refractivity contribution >= 4 is 52.9 Å². The zero-order chi connectivity index (χ0) is 15.3. The molecule has 0 aromatic heterocycles. The Kier molecular flexibility index (Phi) is 1.79. The van der Waals surface area contributed by atoms with Crippen LogP contribution < -0.4 is 0 Å². The second-order valence-corrected chi connectivity index (χ2v) is 8.07. The van der Waals surface area contributed by atoms with E-state index in [4.69, 9.17) is 0 Å². The van der Waals surface area contributed by atoms with Crippen molar-refractivity contribution in [2.45, 2.75) is 9.79 Å². The van der Waals surface area contributed by atoms with Crippen LogP contribution in [0.25, 0.3) is 43.1 Å². The summed E-state index contributed by atoms with van der Waals surface area (Å²) in [6, 6.07) is 19.7. The van der Waals surface area contributed by atoms with Crippen LogP contribution in [0.1, 0.15) is 0 Å². The Bertz CT molecular complexity index is 1310. The molecule has 0 saturated heterocycles. The lowest BCUT2D eigenvalue weighted by Gasteiger charge is -2.12. The van der Waals surface area contributed by atoms with Gasteiger partial charge >= 0.3 is 0 Å². The molecule has 0 unspecified atom stereocenters. The lowest BCUT2D eigenvalue weighted by Crippen LogP contribution is -1.96. The van der Waals surface area contributed by atoms with E-state index in [1.54, 1.807) is 12.1 Å². The van der Waals surface area contributed by atoms with Crippen molar-refractivity contribution in [3.05, 3.63) is 60.7 Å². The Hall–Kier alpha value is -2.65. The van der Waals surface area contributed by atoms with E-state index < -0.39 is 9.84 Å². The van der Waals surface area contributed by atoms with Crippen LogP contribution in [0, 0.1) is 0 Å². The molecular weight excluding hydrogens is 304 g/mol. The quantitative estimate of drug-likeness (QED) is 0.296. The van der Waals surface area contributed by atoms with E-state index >= 15 is 0 Å². The van der Waals surface area contributed by atoms with Crippen LogP contribution in [0.15, 0.2) is 70.5 Å². The number of hydrogen-bond donors (Lipinski definition) is 0. The molecule has 0 bridgehead atoms. The summed E-state index contributed by atoms with van der Waals surface area (Å²) in [5.74, 6) is 0. The van der Waals surface area contributed by atoms with Crippen LogP contribution in [-0.2, 0) is 9.84 Å². The third-order valence-corrected chi connectivity index (χ3v) is 6.97. The molecule has 2 nitrogen and oxygen atoms in total. The minimum absolute atomic E-state index is 0.453. The van der Waals surface area contributed by atoms with Crippen LogP contribution in [-0.4, -0.2) is 8.42 Å². The highest BCUT2D eigenvalue weighted by atomic mass is 32.2. The van der Waals surface area contributed by atoms with Gasteiger partial charge in [0.15, 0.2) is 0 Å². The van der Waals surface area contributed by atoms with E-state index in [-0.39, 0.29) is 0 Å². The molecule has 5 aromatic rings. The lowest BCUT2D eigenvalue weighted by molar-refractivity contribution is 0.599. The number of benzene rings is 5. The first kappa shape index (κ1) is 11.9. The largest absolute Gasteiger partial charge is 0.218 e. The molecule has 0 atom stereocenters. The maximum Gasteiger partial charge on any atom is 0.207 e. The highest BCUT2D eigenvalue weighted by molar-refractivity contribution is 7.92. The molecule has 6 rings (SSSR count). The predicted molar refractivity (Wildman–Crippen MR) is 93.1 cm³/mol. The fourth-order valence-electron chi connectivity index (χ4n) is 4.23. The van der Waals surface area contributed by atoms with Gasteiger partial charge in [0.25, 0.3) is 0 Å². The molecule has 108 valence electrons. The van der Waals surface area contributed by atoms with E-state index in [1.807, 2.05) is 24.3 Å². The van der Waals surface area contributed by atoms with Crippen LogP contribution in [0.3, 0.4) is 0 Å². The SMILES string of the molecule is O=S1(=O)c2ccc3cccc4c5cccc6ccc1c(c2c34)c65. The first-order valence-corrected chi connectivity index (χ1v) is 9.03. The molecule has 0 fully saturated rings. The van der Waals surface area contributed by atoms with Crippen molar-refractivity contribution in [2.24, 2.45) is 0 Å². The average Bonchev–Trinajstić information content (AvgIpc) is 2.82. The molecule has 0 N–H and O–H groups in total. The Labute approximate surface area is 132 Å². The van der Waals surface area contributed by atoms with Crippen molar-refractivity contribution in [3.63, 3.8) is 0 Å². The summed E-state index contributed by atoms with van der Waals surface area (Å²) in [6.45, 7) is 0. The normalized spacial score (nSPS) is 15.7. The molecule has 3 heteroatoms. The van der Waals surface area contributed by atoms with Gasteiger partial charge in [0.05, 0.1) is 9.79 Å². The van der Waals surface area contributed by atoms with E-state index in [0.717, 1.165) is 43.1 Å². The maximum atomic E-state index is 13.0. The van der Waals surface area contributed by atoms with Gasteiger partial charge in [0.1, 0.15) is 0 Å². The van der Waals surface area contributed by atoms with Crippen LogP contribution in [0.5, 0.6) is 0 Å². The zero-order valence-electron chi connectivity index (χ0n) is 12.0. The standard InChI is InChI=1S/C20H10O2S/c21-23(22)15-9-7-11-3-1-5-13-14-6-2-4-12-8-10-16(23)20(18(12)14)19(15)17(11)13/h1-10H. The second kappa shape index (κ2) is 3.47. The summed E-state index contributed by atoms with van der Waals surface area (Å²) >= 11 is 0. The minimum Gasteiger partial charge on any atom is -0.218 e. The highest BCUT2D eigenvalue weighted by Crippen LogP contribution is 2.50. The number of sulfone groups is 1. The van der Waals surface area contributed by atoms with Crippen molar-refractivity contribution < 1.29 is 8.42 Å². The Balaban J connectivity index is 2.20. The second-order valence-electron chi connectivity index (χ2n) is 6.19. The molecule has 0 radical (unpaired) electrons. The Morgan fingerprint density at radius 3 is 1.48 bits per heavy atom. The lowest BCUT2D eigenvalue weighted by atomic mass is 9.90. The molecule has 0 amide bonds. The summed E-state index contributed by atoms with van der Waals surface area (Å²) in [5, 5.41) is 8.39. The van der Waals surface area contributed by atoms with Crippen molar-refractivity contribution in [1.82, 2.24) is 0 Å². The Morgan fingerprint density at radius 1 is 0.522 bits per heavy atom. The molecule has 1 aliphatic rings. The van der Waals surface area contributed by atoms with Gasteiger partial charge < -0.3 is 0 Å².